The van der Waals surface area contributed by atoms with Crippen molar-refractivity contribution < 1.29 is 13.5 Å². The van der Waals surface area contributed by atoms with Crippen LogP contribution >= 0.6 is 0 Å². The molecular weight excluding hydrogens is 262 g/mol. The van der Waals surface area contributed by atoms with Gasteiger partial charge in [-0.1, -0.05) is 31.2 Å². The highest BCUT2D eigenvalue weighted by Gasteiger charge is 2.29. The summed E-state index contributed by atoms with van der Waals surface area (Å²) < 4.78 is 26.3. The molecular formula is C14H21NO3S. The van der Waals surface area contributed by atoms with E-state index in [9.17, 15) is 8.42 Å². The van der Waals surface area contributed by atoms with Gasteiger partial charge in [-0.05, 0) is 29.9 Å². The summed E-state index contributed by atoms with van der Waals surface area (Å²) in [6.45, 7) is 2.99. The Hall–Kier alpha value is -0.910. The Bertz CT molecular complexity index is 523. The van der Waals surface area contributed by atoms with E-state index in [1.54, 1.807) is 28.6 Å². The molecule has 1 aliphatic carbocycles. The molecule has 0 heterocycles. The van der Waals surface area contributed by atoms with Crippen LogP contribution < -0.4 is 0 Å². The van der Waals surface area contributed by atoms with Crippen molar-refractivity contribution in [1.29, 1.82) is 0 Å². The van der Waals surface area contributed by atoms with Crippen LogP contribution in [0.1, 0.15) is 30.9 Å². The lowest BCUT2D eigenvalue weighted by Gasteiger charge is -2.20. The second-order valence-corrected chi connectivity index (χ2v) is 7.10. The van der Waals surface area contributed by atoms with Gasteiger partial charge in [-0.25, -0.2) is 12.7 Å². The van der Waals surface area contributed by atoms with E-state index in [0.29, 0.717) is 19.0 Å². The Morgan fingerprint density at radius 3 is 2.58 bits per heavy atom. The molecule has 0 saturated heterocycles. The van der Waals surface area contributed by atoms with Crippen molar-refractivity contribution in [1.82, 2.24) is 4.31 Å². The number of nitrogens with zero attached hydrogens (tertiary/aromatic N) is 1. The van der Waals surface area contributed by atoms with Gasteiger partial charge in [-0.2, -0.15) is 0 Å². The number of aliphatic hydroxyl groups excluding tert-OH is 1. The van der Waals surface area contributed by atoms with Crippen LogP contribution in [0.4, 0.5) is 0 Å². The van der Waals surface area contributed by atoms with Crippen LogP contribution in [0.3, 0.4) is 0 Å². The lowest BCUT2D eigenvalue weighted by atomic mass is 10.1. The Morgan fingerprint density at radius 2 is 2.00 bits per heavy atom. The molecule has 0 aliphatic heterocycles. The first kappa shape index (κ1) is 14.5. The maximum absolute atomic E-state index is 12.4. The zero-order valence-electron chi connectivity index (χ0n) is 11.2. The van der Waals surface area contributed by atoms with Crippen molar-refractivity contribution in [2.24, 2.45) is 5.92 Å². The van der Waals surface area contributed by atoms with Gasteiger partial charge in [0.05, 0.1) is 12.4 Å². The van der Waals surface area contributed by atoms with Gasteiger partial charge in [0.15, 0.2) is 0 Å². The summed E-state index contributed by atoms with van der Waals surface area (Å²) in [5, 5.41) is 9.08. The van der Waals surface area contributed by atoms with Gasteiger partial charge in [0.2, 0.25) is 10.0 Å². The number of hydrogen-bond donors (Lipinski definition) is 1. The van der Waals surface area contributed by atoms with Gasteiger partial charge in [0.1, 0.15) is 0 Å². The van der Waals surface area contributed by atoms with Crippen LogP contribution in [-0.2, 0) is 22.4 Å². The molecule has 1 N–H and O–H groups in total. The summed E-state index contributed by atoms with van der Waals surface area (Å²) in [6, 6.07) is 7.12. The van der Waals surface area contributed by atoms with E-state index < -0.39 is 10.0 Å². The molecule has 106 valence electrons. The highest BCUT2D eigenvalue weighted by Crippen LogP contribution is 2.30. The van der Waals surface area contributed by atoms with Crippen LogP contribution in [0.25, 0.3) is 0 Å². The van der Waals surface area contributed by atoms with E-state index in [1.165, 1.54) is 0 Å². The minimum absolute atomic E-state index is 0.0153. The van der Waals surface area contributed by atoms with Gasteiger partial charge < -0.3 is 5.11 Å². The Kier molecular flexibility index (Phi) is 4.60. The molecule has 19 heavy (non-hydrogen) atoms. The summed E-state index contributed by atoms with van der Waals surface area (Å²) in [4.78, 5) is 0. The van der Waals surface area contributed by atoms with E-state index in [4.69, 9.17) is 5.11 Å². The number of rotatable bonds is 7. The van der Waals surface area contributed by atoms with Gasteiger partial charge >= 0.3 is 0 Å². The fourth-order valence-electron chi connectivity index (χ4n) is 2.15. The molecule has 1 saturated carbocycles. The number of benzene rings is 1. The molecule has 0 amide bonds. The summed E-state index contributed by atoms with van der Waals surface area (Å²) in [7, 11) is -3.25. The minimum Gasteiger partial charge on any atom is -0.392 e. The van der Waals surface area contributed by atoms with Crippen LogP contribution in [0.2, 0.25) is 0 Å². The molecule has 2 rings (SSSR count). The van der Waals surface area contributed by atoms with Gasteiger partial charge in [-0.3, -0.25) is 0 Å². The van der Waals surface area contributed by atoms with Crippen LogP contribution in [-0.4, -0.2) is 30.9 Å². The summed E-state index contributed by atoms with van der Waals surface area (Å²) in [5.41, 5.74) is 1.48. The average Bonchev–Trinajstić information content (AvgIpc) is 3.19. The Balaban J connectivity index is 2.09. The summed E-state index contributed by atoms with van der Waals surface area (Å²) in [6.07, 6.45) is 2.29. The summed E-state index contributed by atoms with van der Waals surface area (Å²) in [5.74, 6) is 0.569. The molecule has 0 atom stereocenters. The van der Waals surface area contributed by atoms with E-state index in [-0.39, 0.29) is 12.4 Å². The van der Waals surface area contributed by atoms with Crippen LogP contribution in [0, 0.1) is 5.92 Å². The van der Waals surface area contributed by atoms with Crippen LogP contribution in [0.15, 0.2) is 24.3 Å². The average molecular weight is 283 g/mol. The first-order valence-corrected chi connectivity index (χ1v) is 8.32. The second kappa shape index (κ2) is 6.03. The fraction of sp³-hybridized carbons (Fsp3) is 0.571. The standard InChI is InChI=1S/C14H21NO3S/c1-2-15(9-12-6-7-12)19(17,18)11-14-5-3-4-13(8-14)10-16/h3-5,8,12,16H,2,6-7,9-11H2,1H3. The molecule has 0 aromatic heterocycles. The Labute approximate surface area is 115 Å². The number of sulfonamides is 1. The fourth-order valence-corrected chi connectivity index (χ4v) is 3.76. The SMILES string of the molecule is CCN(CC1CC1)S(=O)(=O)Cc1cccc(CO)c1. The van der Waals surface area contributed by atoms with Crippen molar-refractivity contribution >= 4 is 10.0 Å². The molecule has 1 fully saturated rings. The highest BCUT2D eigenvalue weighted by molar-refractivity contribution is 7.88. The first-order valence-electron chi connectivity index (χ1n) is 6.71. The van der Waals surface area contributed by atoms with E-state index >= 15 is 0 Å². The molecule has 0 unspecified atom stereocenters. The third-order valence-corrected chi connectivity index (χ3v) is 5.32. The van der Waals surface area contributed by atoms with E-state index in [0.717, 1.165) is 24.0 Å². The smallest absolute Gasteiger partial charge is 0.218 e. The molecule has 1 aromatic carbocycles. The lowest BCUT2D eigenvalue weighted by molar-refractivity contribution is 0.281. The Morgan fingerprint density at radius 1 is 1.32 bits per heavy atom. The van der Waals surface area contributed by atoms with Crippen molar-refractivity contribution in [3.05, 3.63) is 35.4 Å². The molecule has 0 bridgehead atoms. The van der Waals surface area contributed by atoms with Crippen molar-refractivity contribution in [3.63, 3.8) is 0 Å². The summed E-state index contributed by atoms with van der Waals surface area (Å²) >= 11 is 0. The molecule has 1 aromatic rings. The van der Waals surface area contributed by atoms with E-state index in [1.807, 2.05) is 6.92 Å². The second-order valence-electron chi connectivity index (χ2n) is 5.13. The van der Waals surface area contributed by atoms with Gasteiger partial charge in [0.25, 0.3) is 0 Å². The van der Waals surface area contributed by atoms with Gasteiger partial charge in [-0.15, -0.1) is 0 Å². The van der Waals surface area contributed by atoms with Crippen molar-refractivity contribution in [2.45, 2.75) is 32.1 Å². The van der Waals surface area contributed by atoms with Crippen molar-refractivity contribution in [3.8, 4) is 0 Å². The molecule has 0 spiro atoms. The minimum atomic E-state index is -3.25. The highest BCUT2D eigenvalue weighted by atomic mass is 32.2. The molecule has 0 radical (unpaired) electrons. The molecule has 4 nitrogen and oxygen atoms in total. The predicted molar refractivity (Wildman–Crippen MR) is 75.0 cm³/mol. The molecule has 5 heteroatoms. The topological polar surface area (TPSA) is 57.6 Å². The third kappa shape index (κ3) is 4.03. The number of aliphatic hydroxyl groups is 1. The third-order valence-electron chi connectivity index (χ3n) is 3.43. The first-order chi connectivity index (χ1) is 9.05. The maximum atomic E-state index is 12.4. The number of hydrogen-bond acceptors (Lipinski definition) is 3. The normalized spacial score (nSPS) is 15.9. The van der Waals surface area contributed by atoms with Crippen molar-refractivity contribution in [2.75, 3.05) is 13.1 Å². The quantitative estimate of drug-likeness (QED) is 0.829. The van der Waals surface area contributed by atoms with Crippen LogP contribution in [0.5, 0.6) is 0 Å². The monoisotopic (exact) mass is 283 g/mol. The van der Waals surface area contributed by atoms with Gasteiger partial charge in [0, 0.05) is 13.1 Å². The zero-order chi connectivity index (χ0) is 13.9. The maximum Gasteiger partial charge on any atom is 0.218 e. The largest absolute Gasteiger partial charge is 0.392 e. The predicted octanol–water partition coefficient (Wildman–Crippen LogP) is 1.74. The molecule has 1 aliphatic rings. The lowest BCUT2D eigenvalue weighted by Crippen LogP contribution is -2.33. The van der Waals surface area contributed by atoms with E-state index in [2.05, 4.69) is 0 Å². The zero-order valence-corrected chi connectivity index (χ0v) is 12.1.